The Morgan fingerprint density at radius 1 is 1.38 bits per heavy atom. The van der Waals surface area contributed by atoms with Gasteiger partial charge in [0.15, 0.2) is 15.6 Å². The molecule has 1 atom stereocenters. The molecule has 0 aromatic heterocycles. The smallest absolute Gasteiger partial charge is 0.267 e. The van der Waals surface area contributed by atoms with Crippen LogP contribution in [0.4, 0.5) is 5.69 Å². The molecule has 126 valence electrons. The normalized spacial score (nSPS) is 19.3. The number of nitrogens with zero attached hydrogens (tertiary/aromatic N) is 1. The molecule has 1 unspecified atom stereocenters. The summed E-state index contributed by atoms with van der Waals surface area (Å²) >= 11 is 0. The molecule has 7 nitrogen and oxygen atoms in total. The SMILES string of the molecule is CC(=O)c1cccc(NC(=O)/C(C#N)=C\NC2CCS(=O)(=O)C2)c1. The number of hydrogen-bond donors (Lipinski definition) is 2. The predicted molar refractivity (Wildman–Crippen MR) is 89.0 cm³/mol. The number of sulfone groups is 1. The van der Waals surface area contributed by atoms with Gasteiger partial charge in [-0.05, 0) is 25.5 Å². The minimum absolute atomic E-state index is 0.00944. The molecular weight excluding hydrogens is 330 g/mol. The lowest BCUT2D eigenvalue weighted by Crippen LogP contribution is -2.27. The minimum atomic E-state index is -3.04. The van der Waals surface area contributed by atoms with Crippen LogP contribution in [-0.2, 0) is 14.6 Å². The molecule has 1 fully saturated rings. The molecule has 1 heterocycles. The first kappa shape index (κ1) is 17.7. The number of benzene rings is 1. The molecule has 1 aliphatic heterocycles. The topological polar surface area (TPSA) is 116 Å². The molecule has 0 spiro atoms. The van der Waals surface area contributed by atoms with Gasteiger partial charge in [0.05, 0.1) is 11.5 Å². The Bertz CT molecular complexity index is 837. The first-order valence-electron chi connectivity index (χ1n) is 7.30. The van der Waals surface area contributed by atoms with Crippen LogP contribution in [0.2, 0.25) is 0 Å². The van der Waals surface area contributed by atoms with Crippen LogP contribution in [0.5, 0.6) is 0 Å². The van der Waals surface area contributed by atoms with Crippen molar-refractivity contribution in [3.8, 4) is 6.07 Å². The maximum atomic E-state index is 12.1. The highest BCUT2D eigenvalue weighted by Crippen LogP contribution is 2.13. The van der Waals surface area contributed by atoms with E-state index in [-0.39, 0.29) is 28.9 Å². The van der Waals surface area contributed by atoms with Crippen molar-refractivity contribution in [1.29, 1.82) is 5.26 Å². The van der Waals surface area contributed by atoms with E-state index in [1.54, 1.807) is 24.3 Å². The van der Waals surface area contributed by atoms with Crippen LogP contribution in [-0.4, -0.2) is 37.7 Å². The molecule has 2 rings (SSSR count). The molecule has 24 heavy (non-hydrogen) atoms. The number of amides is 1. The fourth-order valence-corrected chi connectivity index (χ4v) is 3.98. The van der Waals surface area contributed by atoms with Gasteiger partial charge in [-0.15, -0.1) is 0 Å². The highest BCUT2D eigenvalue weighted by Gasteiger charge is 2.27. The maximum Gasteiger partial charge on any atom is 0.267 e. The summed E-state index contributed by atoms with van der Waals surface area (Å²) in [5.41, 5.74) is 0.675. The first-order chi connectivity index (χ1) is 11.3. The third kappa shape index (κ3) is 4.67. The van der Waals surface area contributed by atoms with Crippen molar-refractivity contribution in [2.45, 2.75) is 19.4 Å². The van der Waals surface area contributed by atoms with E-state index in [1.807, 2.05) is 0 Å². The fraction of sp³-hybridized carbons (Fsp3) is 0.312. The second-order valence-corrected chi connectivity index (χ2v) is 7.76. The predicted octanol–water partition coefficient (Wildman–Crippen LogP) is 1.01. The highest BCUT2D eigenvalue weighted by molar-refractivity contribution is 7.91. The largest absolute Gasteiger partial charge is 0.386 e. The number of carbonyl (C=O) groups is 2. The summed E-state index contributed by atoms with van der Waals surface area (Å²) in [5.74, 6) is -0.674. The van der Waals surface area contributed by atoms with Crippen molar-refractivity contribution in [1.82, 2.24) is 5.32 Å². The number of Topliss-reactive ketones (excluding diaryl/α,β-unsaturated/α-hetero) is 1. The third-order valence-corrected chi connectivity index (χ3v) is 5.36. The average Bonchev–Trinajstić information content (AvgIpc) is 2.87. The summed E-state index contributed by atoms with van der Waals surface area (Å²) in [4.78, 5) is 23.5. The second-order valence-electron chi connectivity index (χ2n) is 5.53. The third-order valence-electron chi connectivity index (χ3n) is 3.59. The zero-order valence-electron chi connectivity index (χ0n) is 13.1. The van der Waals surface area contributed by atoms with Gasteiger partial charge in [0.25, 0.3) is 5.91 Å². The molecule has 8 heteroatoms. The molecule has 1 amide bonds. The van der Waals surface area contributed by atoms with Crippen molar-refractivity contribution < 1.29 is 18.0 Å². The lowest BCUT2D eigenvalue weighted by atomic mass is 10.1. The van der Waals surface area contributed by atoms with Crippen LogP contribution < -0.4 is 10.6 Å². The standard InChI is InChI=1S/C16H17N3O4S/c1-11(20)12-3-2-4-14(7-12)19-16(21)13(8-17)9-18-15-5-6-24(22,23)10-15/h2-4,7,9,15,18H,5-6,10H2,1H3,(H,19,21)/b13-9-. The number of anilines is 1. The maximum absolute atomic E-state index is 12.1. The zero-order valence-corrected chi connectivity index (χ0v) is 13.9. The van der Waals surface area contributed by atoms with E-state index in [4.69, 9.17) is 5.26 Å². The van der Waals surface area contributed by atoms with Crippen molar-refractivity contribution in [3.63, 3.8) is 0 Å². The Balaban J connectivity index is 2.04. The van der Waals surface area contributed by atoms with E-state index in [0.717, 1.165) is 0 Å². The molecule has 1 aromatic carbocycles. The molecule has 0 aliphatic carbocycles. The highest BCUT2D eigenvalue weighted by atomic mass is 32.2. The number of carbonyl (C=O) groups excluding carboxylic acids is 2. The fourth-order valence-electron chi connectivity index (χ4n) is 2.29. The lowest BCUT2D eigenvalue weighted by Gasteiger charge is -2.09. The van der Waals surface area contributed by atoms with Gasteiger partial charge in [-0.25, -0.2) is 8.42 Å². The summed E-state index contributed by atoms with van der Waals surface area (Å²) in [7, 11) is -3.04. The van der Waals surface area contributed by atoms with Crippen molar-refractivity contribution in [3.05, 3.63) is 41.6 Å². The van der Waals surface area contributed by atoms with Crippen molar-refractivity contribution >= 4 is 27.2 Å². The van der Waals surface area contributed by atoms with Gasteiger partial charge in [0.2, 0.25) is 0 Å². The lowest BCUT2D eigenvalue weighted by molar-refractivity contribution is -0.112. The van der Waals surface area contributed by atoms with Crippen LogP contribution in [0.15, 0.2) is 36.0 Å². The van der Waals surface area contributed by atoms with Gasteiger partial charge < -0.3 is 10.6 Å². The van der Waals surface area contributed by atoms with E-state index < -0.39 is 15.7 Å². The molecule has 1 aliphatic rings. The van der Waals surface area contributed by atoms with E-state index in [0.29, 0.717) is 17.7 Å². The van der Waals surface area contributed by atoms with Gasteiger partial charge in [-0.2, -0.15) is 5.26 Å². The zero-order chi connectivity index (χ0) is 17.7. The van der Waals surface area contributed by atoms with Gasteiger partial charge in [-0.1, -0.05) is 12.1 Å². The number of hydrogen-bond acceptors (Lipinski definition) is 6. The van der Waals surface area contributed by atoms with Gasteiger partial charge >= 0.3 is 0 Å². The number of nitrogens with one attached hydrogen (secondary N) is 2. The van der Waals surface area contributed by atoms with Gasteiger partial charge in [-0.3, -0.25) is 9.59 Å². The Morgan fingerprint density at radius 3 is 2.71 bits per heavy atom. The van der Waals surface area contributed by atoms with E-state index in [1.165, 1.54) is 19.2 Å². The number of nitriles is 1. The molecule has 0 saturated carbocycles. The minimum Gasteiger partial charge on any atom is -0.386 e. The van der Waals surface area contributed by atoms with Crippen LogP contribution in [0.3, 0.4) is 0 Å². The van der Waals surface area contributed by atoms with Gasteiger partial charge in [0.1, 0.15) is 11.6 Å². The Hall–Kier alpha value is -2.66. The summed E-state index contributed by atoms with van der Waals surface area (Å²) in [6, 6.07) is 7.86. The molecule has 2 N–H and O–H groups in total. The van der Waals surface area contributed by atoms with Gasteiger partial charge in [0, 0.05) is 23.5 Å². The number of rotatable bonds is 5. The monoisotopic (exact) mass is 347 g/mol. The summed E-state index contributed by atoms with van der Waals surface area (Å²) in [6.45, 7) is 1.42. The quantitative estimate of drug-likeness (QED) is 0.466. The molecule has 0 radical (unpaired) electrons. The Labute approximate surface area is 140 Å². The average molecular weight is 347 g/mol. The van der Waals surface area contributed by atoms with E-state index >= 15 is 0 Å². The molecule has 1 saturated heterocycles. The Kier molecular flexibility index (Phi) is 5.36. The van der Waals surface area contributed by atoms with Crippen molar-refractivity contribution in [2.75, 3.05) is 16.8 Å². The number of ketones is 1. The second kappa shape index (κ2) is 7.27. The summed E-state index contributed by atoms with van der Waals surface area (Å²) < 4.78 is 22.8. The van der Waals surface area contributed by atoms with E-state index in [2.05, 4.69) is 10.6 Å². The molecule has 0 bridgehead atoms. The molecular formula is C16H17N3O4S. The van der Waals surface area contributed by atoms with Crippen molar-refractivity contribution in [2.24, 2.45) is 0 Å². The molecule has 1 aromatic rings. The Morgan fingerprint density at radius 2 is 2.12 bits per heavy atom. The first-order valence-corrected chi connectivity index (χ1v) is 9.12. The van der Waals surface area contributed by atoms with Crippen LogP contribution in [0, 0.1) is 11.3 Å². The van der Waals surface area contributed by atoms with Crippen LogP contribution in [0.1, 0.15) is 23.7 Å². The summed E-state index contributed by atoms with van der Waals surface area (Å²) in [6.07, 6.45) is 1.68. The van der Waals surface area contributed by atoms with Crippen LogP contribution in [0.25, 0.3) is 0 Å². The summed E-state index contributed by atoms with van der Waals surface area (Å²) in [5, 5.41) is 14.4. The van der Waals surface area contributed by atoms with E-state index in [9.17, 15) is 18.0 Å². The van der Waals surface area contributed by atoms with Crippen LogP contribution >= 0.6 is 0 Å².